The van der Waals surface area contributed by atoms with Gasteiger partial charge in [-0.3, -0.25) is 4.79 Å². The van der Waals surface area contributed by atoms with E-state index in [9.17, 15) is 4.79 Å². The van der Waals surface area contributed by atoms with E-state index in [-0.39, 0.29) is 6.10 Å². The number of hydrogen-bond donors (Lipinski definition) is 0. The Labute approximate surface area is 100 Å². The van der Waals surface area contributed by atoms with E-state index >= 15 is 0 Å². The molecule has 0 bridgehead atoms. The van der Waals surface area contributed by atoms with Crippen molar-refractivity contribution in [2.45, 2.75) is 45.0 Å². The molecule has 0 saturated heterocycles. The number of rotatable bonds is 5. The molecule has 1 aromatic heterocycles. The summed E-state index contributed by atoms with van der Waals surface area (Å²) in [5, 5.41) is 3.89. The van der Waals surface area contributed by atoms with Gasteiger partial charge in [-0.2, -0.15) is 0 Å². The van der Waals surface area contributed by atoms with Crippen LogP contribution in [0.2, 0.25) is 0 Å². The first-order chi connectivity index (χ1) is 8.28. The highest BCUT2D eigenvalue weighted by atomic mass is 16.5. The minimum Gasteiger partial charge on any atom is -0.377 e. The molecule has 0 aliphatic heterocycles. The highest BCUT2D eigenvalue weighted by Gasteiger charge is 2.19. The molecular weight excluding hydrogens is 222 g/mol. The number of methoxy groups -OCH3 is 1. The summed E-state index contributed by atoms with van der Waals surface area (Å²) in [6.07, 6.45) is 3.09. The Balaban J connectivity index is 1.75. The van der Waals surface area contributed by atoms with Gasteiger partial charge in [-0.15, -0.1) is 0 Å². The molecule has 1 heterocycles. The first-order valence-electron chi connectivity index (χ1n) is 5.84. The topological polar surface area (TPSA) is 61.6 Å². The Kier molecular flexibility index (Phi) is 4.28. The number of ketones is 1. The van der Waals surface area contributed by atoms with Crippen LogP contribution in [0.1, 0.15) is 37.1 Å². The van der Waals surface area contributed by atoms with Crippen molar-refractivity contribution in [1.82, 2.24) is 5.16 Å². The van der Waals surface area contributed by atoms with E-state index in [4.69, 9.17) is 14.0 Å². The van der Waals surface area contributed by atoms with E-state index in [1.54, 1.807) is 7.11 Å². The maximum atomic E-state index is 11.1. The quantitative estimate of drug-likeness (QED) is 0.784. The maximum absolute atomic E-state index is 11.1. The predicted octanol–water partition coefficient (Wildman–Crippen LogP) is 1.85. The number of ether oxygens (including phenoxy) is 2. The number of nitrogens with zero attached hydrogens (tertiary/aromatic N) is 1. The Morgan fingerprint density at radius 1 is 1.41 bits per heavy atom. The van der Waals surface area contributed by atoms with Crippen molar-refractivity contribution in [2.75, 3.05) is 7.11 Å². The third-order valence-corrected chi connectivity index (χ3v) is 2.85. The zero-order valence-corrected chi connectivity index (χ0v) is 9.98. The van der Waals surface area contributed by atoms with Crippen LogP contribution in [-0.2, 0) is 27.5 Å². The molecule has 94 valence electrons. The molecule has 1 aliphatic carbocycles. The van der Waals surface area contributed by atoms with Crippen molar-refractivity contribution in [3.05, 3.63) is 17.5 Å². The second-order valence-electron chi connectivity index (χ2n) is 4.27. The fraction of sp³-hybridized carbons (Fsp3) is 0.667. The molecule has 0 spiro atoms. The minimum atomic E-state index is 0.176. The summed E-state index contributed by atoms with van der Waals surface area (Å²) < 4.78 is 15.7. The van der Waals surface area contributed by atoms with Gasteiger partial charge in [0.1, 0.15) is 18.1 Å². The largest absolute Gasteiger partial charge is 0.377 e. The van der Waals surface area contributed by atoms with Crippen molar-refractivity contribution >= 4 is 5.78 Å². The van der Waals surface area contributed by atoms with Gasteiger partial charge < -0.3 is 14.0 Å². The van der Waals surface area contributed by atoms with Gasteiger partial charge in [0, 0.05) is 26.0 Å². The van der Waals surface area contributed by atoms with Gasteiger partial charge in [0.05, 0.1) is 12.7 Å². The Hall–Kier alpha value is -1.20. The Morgan fingerprint density at radius 3 is 2.88 bits per heavy atom. The molecule has 0 radical (unpaired) electrons. The summed E-state index contributed by atoms with van der Waals surface area (Å²) in [5.41, 5.74) is 0.772. The fourth-order valence-corrected chi connectivity index (χ4v) is 1.92. The van der Waals surface area contributed by atoms with Crippen LogP contribution in [-0.4, -0.2) is 24.2 Å². The highest BCUT2D eigenvalue weighted by molar-refractivity contribution is 5.79. The molecule has 0 amide bonds. The number of carbonyl (C=O) groups excluding carboxylic acids is 1. The SMILES string of the molecule is COCc1cc(COC2CCC(=O)CC2)no1. The molecule has 0 N–H and O–H groups in total. The van der Waals surface area contributed by atoms with Crippen molar-refractivity contribution < 1.29 is 18.8 Å². The summed E-state index contributed by atoms with van der Waals surface area (Å²) >= 11 is 0. The molecule has 17 heavy (non-hydrogen) atoms. The van der Waals surface area contributed by atoms with Crippen LogP contribution in [0.4, 0.5) is 0 Å². The smallest absolute Gasteiger partial charge is 0.162 e. The average molecular weight is 239 g/mol. The zero-order chi connectivity index (χ0) is 12.1. The van der Waals surface area contributed by atoms with E-state index in [0.717, 1.165) is 18.5 Å². The number of carbonyl (C=O) groups is 1. The van der Waals surface area contributed by atoms with E-state index in [2.05, 4.69) is 5.16 Å². The van der Waals surface area contributed by atoms with Crippen LogP contribution in [0.5, 0.6) is 0 Å². The third-order valence-electron chi connectivity index (χ3n) is 2.85. The van der Waals surface area contributed by atoms with E-state index < -0.39 is 0 Å². The zero-order valence-electron chi connectivity index (χ0n) is 9.98. The number of aromatic nitrogens is 1. The van der Waals surface area contributed by atoms with Crippen molar-refractivity contribution in [1.29, 1.82) is 0 Å². The second-order valence-corrected chi connectivity index (χ2v) is 4.27. The highest BCUT2D eigenvalue weighted by Crippen LogP contribution is 2.19. The van der Waals surface area contributed by atoms with Crippen LogP contribution in [0.3, 0.4) is 0 Å². The fourth-order valence-electron chi connectivity index (χ4n) is 1.92. The molecule has 5 nitrogen and oxygen atoms in total. The average Bonchev–Trinajstić information content (AvgIpc) is 2.77. The molecule has 1 aromatic rings. The lowest BCUT2D eigenvalue weighted by Gasteiger charge is -2.20. The standard InChI is InChI=1S/C12H17NO4/c1-15-8-12-6-9(13-17-12)7-16-11-4-2-10(14)3-5-11/h6,11H,2-5,7-8H2,1H3. The van der Waals surface area contributed by atoms with Crippen molar-refractivity contribution in [3.8, 4) is 0 Å². The molecule has 0 unspecified atom stereocenters. The molecule has 0 atom stereocenters. The first-order valence-corrected chi connectivity index (χ1v) is 5.84. The van der Waals surface area contributed by atoms with Crippen LogP contribution >= 0.6 is 0 Å². The van der Waals surface area contributed by atoms with Gasteiger partial charge >= 0.3 is 0 Å². The minimum absolute atomic E-state index is 0.176. The van der Waals surface area contributed by atoms with Crippen LogP contribution in [0, 0.1) is 0 Å². The van der Waals surface area contributed by atoms with Gasteiger partial charge in [-0.1, -0.05) is 5.16 Å². The van der Waals surface area contributed by atoms with Gasteiger partial charge in [0.25, 0.3) is 0 Å². The van der Waals surface area contributed by atoms with Crippen LogP contribution in [0.15, 0.2) is 10.6 Å². The molecule has 2 rings (SSSR count). The van der Waals surface area contributed by atoms with Gasteiger partial charge in [0.2, 0.25) is 0 Å². The molecule has 0 aromatic carbocycles. The molecule has 1 aliphatic rings. The number of Topliss-reactive ketones (excluding diaryl/α,β-unsaturated/α-hetero) is 1. The van der Waals surface area contributed by atoms with Gasteiger partial charge in [-0.25, -0.2) is 0 Å². The van der Waals surface area contributed by atoms with Gasteiger partial charge in [0.15, 0.2) is 5.76 Å². The third kappa shape index (κ3) is 3.64. The number of hydrogen-bond acceptors (Lipinski definition) is 5. The molecule has 1 saturated carbocycles. The van der Waals surface area contributed by atoms with E-state index in [1.807, 2.05) is 6.07 Å². The lowest BCUT2D eigenvalue weighted by atomic mass is 9.96. The normalized spacial score (nSPS) is 17.6. The maximum Gasteiger partial charge on any atom is 0.162 e. The Morgan fingerprint density at radius 2 is 2.18 bits per heavy atom. The molecular formula is C12H17NO4. The monoisotopic (exact) mass is 239 g/mol. The first kappa shape index (κ1) is 12.3. The van der Waals surface area contributed by atoms with Crippen molar-refractivity contribution in [2.24, 2.45) is 0 Å². The molecule has 5 heteroatoms. The predicted molar refractivity (Wildman–Crippen MR) is 59.3 cm³/mol. The van der Waals surface area contributed by atoms with Crippen LogP contribution < -0.4 is 0 Å². The lowest BCUT2D eigenvalue weighted by Crippen LogP contribution is -2.21. The summed E-state index contributed by atoms with van der Waals surface area (Å²) in [5.74, 6) is 1.04. The Bertz CT molecular complexity index is 364. The summed E-state index contributed by atoms with van der Waals surface area (Å²) in [6, 6.07) is 1.83. The van der Waals surface area contributed by atoms with E-state index in [0.29, 0.717) is 37.6 Å². The summed E-state index contributed by atoms with van der Waals surface area (Å²) in [6.45, 7) is 0.858. The van der Waals surface area contributed by atoms with E-state index in [1.165, 1.54) is 0 Å². The molecule has 1 fully saturated rings. The lowest BCUT2D eigenvalue weighted by molar-refractivity contribution is -0.123. The summed E-state index contributed by atoms with van der Waals surface area (Å²) in [7, 11) is 1.61. The van der Waals surface area contributed by atoms with Crippen molar-refractivity contribution in [3.63, 3.8) is 0 Å². The summed E-state index contributed by atoms with van der Waals surface area (Å²) in [4.78, 5) is 11.1. The van der Waals surface area contributed by atoms with Crippen LogP contribution in [0.25, 0.3) is 0 Å². The second kappa shape index (κ2) is 5.93. The van der Waals surface area contributed by atoms with Gasteiger partial charge in [-0.05, 0) is 12.8 Å².